The van der Waals surface area contributed by atoms with Crippen molar-refractivity contribution in [3.05, 3.63) is 70.3 Å². The van der Waals surface area contributed by atoms with Crippen LogP contribution in [0.3, 0.4) is 0 Å². The molecule has 0 saturated carbocycles. The number of alkyl halides is 1. The van der Waals surface area contributed by atoms with Crippen molar-refractivity contribution in [1.29, 1.82) is 0 Å². The van der Waals surface area contributed by atoms with Crippen LogP contribution in [-0.4, -0.2) is 0 Å². The Labute approximate surface area is 117 Å². The van der Waals surface area contributed by atoms with E-state index in [1.807, 2.05) is 32.0 Å². The van der Waals surface area contributed by atoms with Gasteiger partial charge in [0.05, 0.1) is 5.38 Å². The van der Waals surface area contributed by atoms with Crippen LogP contribution in [-0.2, 0) is 6.42 Å². The maximum absolute atomic E-state index is 13.6. The largest absolute Gasteiger partial charge is 0.204 e. The van der Waals surface area contributed by atoms with Crippen molar-refractivity contribution >= 4 is 11.6 Å². The predicted octanol–water partition coefficient (Wildman–Crippen LogP) is 5.10. The molecule has 0 spiro atoms. The molecule has 100 valence electrons. The summed E-state index contributed by atoms with van der Waals surface area (Å²) in [5.74, 6) is -1.64. The van der Waals surface area contributed by atoms with E-state index in [4.69, 9.17) is 11.6 Å². The average molecular weight is 281 g/mol. The van der Waals surface area contributed by atoms with Crippen molar-refractivity contribution in [3.63, 3.8) is 0 Å². The Kier molecular flexibility index (Phi) is 4.20. The van der Waals surface area contributed by atoms with Crippen LogP contribution < -0.4 is 0 Å². The van der Waals surface area contributed by atoms with Crippen LogP contribution in [0.15, 0.2) is 36.4 Å². The molecule has 19 heavy (non-hydrogen) atoms. The van der Waals surface area contributed by atoms with Crippen molar-refractivity contribution < 1.29 is 8.78 Å². The highest BCUT2D eigenvalue weighted by Gasteiger charge is 2.17. The first-order chi connectivity index (χ1) is 9.00. The first-order valence-electron chi connectivity index (χ1n) is 6.13. The van der Waals surface area contributed by atoms with E-state index in [-0.39, 0.29) is 11.8 Å². The normalized spacial score (nSPS) is 12.5. The Hall–Kier alpha value is -1.41. The predicted molar refractivity (Wildman–Crippen MR) is 74.6 cm³/mol. The van der Waals surface area contributed by atoms with Crippen LogP contribution in [0.2, 0.25) is 0 Å². The first-order valence-corrected chi connectivity index (χ1v) is 6.57. The number of hydrogen-bond acceptors (Lipinski definition) is 0. The quantitative estimate of drug-likeness (QED) is 0.686. The minimum atomic E-state index is -0.831. The van der Waals surface area contributed by atoms with Gasteiger partial charge in [-0.05, 0) is 48.6 Å². The van der Waals surface area contributed by atoms with Gasteiger partial charge in [-0.25, -0.2) is 8.78 Å². The zero-order valence-corrected chi connectivity index (χ0v) is 11.6. The van der Waals surface area contributed by atoms with E-state index >= 15 is 0 Å². The SMILES string of the molecule is Cc1cccc(C)c1C(Cl)Cc1cccc(F)c1F. The van der Waals surface area contributed by atoms with E-state index in [1.54, 1.807) is 6.07 Å². The molecular formula is C16H15ClF2. The van der Waals surface area contributed by atoms with Gasteiger partial charge < -0.3 is 0 Å². The molecule has 0 aromatic heterocycles. The molecule has 0 aliphatic carbocycles. The zero-order valence-electron chi connectivity index (χ0n) is 10.9. The van der Waals surface area contributed by atoms with Gasteiger partial charge in [-0.3, -0.25) is 0 Å². The van der Waals surface area contributed by atoms with Crippen LogP contribution in [0.4, 0.5) is 8.78 Å². The highest BCUT2D eigenvalue weighted by atomic mass is 35.5. The summed E-state index contributed by atoms with van der Waals surface area (Å²) in [7, 11) is 0. The number of hydrogen-bond donors (Lipinski definition) is 0. The minimum absolute atomic E-state index is 0.275. The number of halogens is 3. The average Bonchev–Trinajstić information content (AvgIpc) is 2.35. The molecule has 0 N–H and O–H groups in total. The molecule has 0 radical (unpaired) electrons. The Balaban J connectivity index is 2.31. The molecule has 0 aliphatic rings. The second kappa shape index (κ2) is 5.70. The maximum Gasteiger partial charge on any atom is 0.162 e. The summed E-state index contributed by atoms with van der Waals surface area (Å²) in [6.07, 6.45) is 0.275. The van der Waals surface area contributed by atoms with Gasteiger partial charge in [-0.15, -0.1) is 11.6 Å². The molecular weight excluding hydrogens is 266 g/mol. The van der Waals surface area contributed by atoms with Gasteiger partial charge in [0.25, 0.3) is 0 Å². The first kappa shape index (κ1) is 14.0. The second-order valence-corrected chi connectivity index (χ2v) is 5.22. The van der Waals surface area contributed by atoms with Crippen molar-refractivity contribution in [2.75, 3.05) is 0 Å². The third kappa shape index (κ3) is 2.95. The molecule has 0 fully saturated rings. The van der Waals surface area contributed by atoms with E-state index in [9.17, 15) is 8.78 Å². The zero-order chi connectivity index (χ0) is 14.0. The molecule has 0 nitrogen and oxygen atoms in total. The number of aryl methyl sites for hydroxylation is 2. The Morgan fingerprint density at radius 1 is 1.00 bits per heavy atom. The number of benzene rings is 2. The van der Waals surface area contributed by atoms with Gasteiger partial charge in [0, 0.05) is 0 Å². The van der Waals surface area contributed by atoms with Gasteiger partial charge in [0.1, 0.15) is 0 Å². The van der Waals surface area contributed by atoms with Crippen molar-refractivity contribution in [2.24, 2.45) is 0 Å². The fourth-order valence-corrected chi connectivity index (χ4v) is 2.83. The van der Waals surface area contributed by atoms with Crippen LogP contribution in [0.1, 0.15) is 27.6 Å². The summed E-state index contributed by atoms with van der Waals surface area (Å²) < 4.78 is 26.8. The molecule has 3 heteroatoms. The molecule has 1 atom stereocenters. The Morgan fingerprint density at radius 3 is 2.21 bits per heavy atom. The number of rotatable bonds is 3. The molecule has 0 saturated heterocycles. The van der Waals surface area contributed by atoms with E-state index in [2.05, 4.69) is 0 Å². The van der Waals surface area contributed by atoms with Crippen LogP contribution in [0.25, 0.3) is 0 Å². The van der Waals surface area contributed by atoms with Gasteiger partial charge in [0.15, 0.2) is 11.6 Å². The fourth-order valence-electron chi connectivity index (χ4n) is 2.32. The molecule has 1 unspecified atom stereocenters. The smallest absolute Gasteiger partial charge is 0.162 e. The summed E-state index contributed by atoms with van der Waals surface area (Å²) in [5, 5.41) is -0.363. The molecule has 2 aromatic rings. The maximum atomic E-state index is 13.6. The van der Waals surface area contributed by atoms with Gasteiger partial charge in [-0.1, -0.05) is 30.3 Å². The summed E-state index contributed by atoms with van der Waals surface area (Å²) in [5.41, 5.74) is 3.43. The highest BCUT2D eigenvalue weighted by molar-refractivity contribution is 6.21. The molecule has 0 amide bonds. The van der Waals surface area contributed by atoms with Crippen molar-refractivity contribution in [1.82, 2.24) is 0 Å². The summed E-state index contributed by atoms with van der Waals surface area (Å²) in [6, 6.07) is 10.1. The van der Waals surface area contributed by atoms with Gasteiger partial charge >= 0.3 is 0 Å². The molecule has 0 heterocycles. The molecule has 0 aliphatic heterocycles. The lowest BCUT2D eigenvalue weighted by Crippen LogP contribution is -2.03. The van der Waals surface area contributed by atoms with E-state index < -0.39 is 11.6 Å². The third-order valence-electron chi connectivity index (χ3n) is 3.29. The fraction of sp³-hybridized carbons (Fsp3) is 0.250. The van der Waals surface area contributed by atoms with E-state index in [1.165, 1.54) is 6.07 Å². The molecule has 2 rings (SSSR count). The Morgan fingerprint density at radius 2 is 1.58 bits per heavy atom. The lowest BCUT2D eigenvalue weighted by Gasteiger charge is -2.16. The summed E-state index contributed by atoms with van der Waals surface area (Å²) >= 11 is 6.39. The second-order valence-electron chi connectivity index (χ2n) is 4.69. The summed E-state index contributed by atoms with van der Waals surface area (Å²) in [4.78, 5) is 0. The lowest BCUT2D eigenvalue weighted by molar-refractivity contribution is 0.498. The Bertz CT molecular complexity index is 573. The third-order valence-corrected chi connectivity index (χ3v) is 3.66. The highest BCUT2D eigenvalue weighted by Crippen LogP contribution is 2.31. The monoisotopic (exact) mass is 280 g/mol. The lowest BCUT2D eigenvalue weighted by atomic mass is 9.96. The topological polar surface area (TPSA) is 0 Å². The van der Waals surface area contributed by atoms with Gasteiger partial charge in [0.2, 0.25) is 0 Å². The van der Waals surface area contributed by atoms with Crippen molar-refractivity contribution in [2.45, 2.75) is 25.6 Å². The van der Waals surface area contributed by atoms with Gasteiger partial charge in [-0.2, -0.15) is 0 Å². The summed E-state index contributed by atoms with van der Waals surface area (Å²) in [6.45, 7) is 3.94. The standard InChI is InChI=1S/C16H15ClF2/c1-10-5-3-6-11(2)15(10)13(17)9-12-7-4-8-14(18)16(12)19/h3-8,13H,9H2,1-2H3. The van der Waals surface area contributed by atoms with Crippen LogP contribution >= 0.6 is 11.6 Å². The van der Waals surface area contributed by atoms with Crippen molar-refractivity contribution in [3.8, 4) is 0 Å². The molecule has 0 bridgehead atoms. The molecule has 2 aromatic carbocycles. The van der Waals surface area contributed by atoms with E-state index in [0.717, 1.165) is 22.8 Å². The van der Waals surface area contributed by atoms with Crippen LogP contribution in [0, 0.1) is 25.5 Å². The van der Waals surface area contributed by atoms with E-state index in [0.29, 0.717) is 5.56 Å². The van der Waals surface area contributed by atoms with Crippen LogP contribution in [0.5, 0.6) is 0 Å². The minimum Gasteiger partial charge on any atom is -0.204 e.